The van der Waals surface area contributed by atoms with E-state index in [0.29, 0.717) is 0 Å². The van der Waals surface area contributed by atoms with Crippen LogP contribution in [0.3, 0.4) is 0 Å². The molecule has 0 nitrogen and oxygen atoms in total. The van der Waals surface area contributed by atoms with Crippen molar-refractivity contribution in [3.8, 4) is 0 Å². The summed E-state index contributed by atoms with van der Waals surface area (Å²) < 4.78 is 3.10. The third-order valence-electron chi connectivity index (χ3n) is 2.73. The van der Waals surface area contributed by atoms with Crippen molar-refractivity contribution in [2.24, 2.45) is 0 Å². The molecule has 4 heteroatoms. The lowest BCUT2D eigenvalue weighted by atomic mass is 10.0. The standard InChI is InChI=1S/C14H10Br3Cl/c1-8-3-2-4-10(13(8)17)14(18)11-7-9(15)5-6-12(11)16/h2-7,14H,1H3. The summed E-state index contributed by atoms with van der Waals surface area (Å²) in [6, 6.07) is 12.2. The predicted octanol–water partition coefficient (Wildman–Crippen LogP) is 6.61. The molecule has 0 saturated carbocycles. The molecule has 0 bridgehead atoms. The van der Waals surface area contributed by atoms with Gasteiger partial charge in [0.1, 0.15) is 0 Å². The summed E-state index contributed by atoms with van der Waals surface area (Å²) in [6.45, 7) is 2.06. The molecule has 0 N–H and O–H groups in total. The van der Waals surface area contributed by atoms with Gasteiger partial charge in [0, 0.05) is 13.4 Å². The number of rotatable bonds is 2. The SMILES string of the molecule is Cc1cccc(C(Cl)c2cc(Br)ccc2Br)c1Br. The maximum atomic E-state index is 6.61. The Morgan fingerprint density at radius 3 is 2.44 bits per heavy atom. The first kappa shape index (κ1) is 14.6. The van der Waals surface area contributed by atoms with E-state index in [0.717, 1.165) is 24.5 Å². The lowest BCUT2D eigenvalue weighted by molar-refractivity contribution is 1.10. The van der Waals surface area contributed by atoms with Gasteiger partial charge in [-0.25, -0.2) is 0 Å². The van der Waals surface area contributed by atoms with Gasteiger partial charge in [0.2, 0.25) is 0 Å². The van der Waals surface area contributed by atoms with Crippen LogP contribution in [0.4, 0.5) is 0 Å². The molecule has 2 aromatic rings. The lowest BCUT2D eigenvalue weighted by Gasteiger charge is -2.15. The Hall–Kier alpha value is 0.170. The zero-order valence-electron chi connectivity index (χ0n) is 9.55. The van der Waals surface area contributed by atoms with E-state index in [1.165, 1.54) is 5.56 Å². The normalized spacial score (nSPS) is 12.5. The number of hydrogen-bond acceptors (Lipinski definition) is 0. The molecule has 1 unspecified atom stereocenters. The summed E-state index contributed by atoms with van der Waals surface area (Å²) >= 11 is 17.2. The summed E-state index contributed by atoms with van der Waals surface area (Å²) in [4.78, 5) is 0. The Labute approximate surface area is 137 Å². The van der Waals surface area contributed by atoms with Crippen molar-refractivity contribution < 1.29 is 0 Å². The second-order valence-corrected chi connectivity index (χ2v) is 7.01. The van der Waals surface area contributed by atoms with Gasteiger partial charge >= 0.3 is 0 Å². The van der Waals surface area contributed by atoms with Gasteiger partial charge in [-0.15, -0.1) is 11.6 Å². The molecule has 0 saturated heterocycles. The van der Waals surface area contributed by atoms with Crippen molar-refractivity contribution in [3.05, 3.63) is 66.5 Å². The van der Waals surface area contributed by atoms with Gasteiger partial charge in [-0.05, 0) is 41.8 Å². The van der Waals surface area contributed by atoms with Crippen LogP contribution in [0.5, 0.6) is 0 Å². The number of hydrogen-bond donors (Lipinski definition) is 0. The van der Waals surface area contributed by atoms with Crippen LogP contribution in [0.2, 0.25) is 0 Å². The minimum Gasteiger partial charge on any atom is -0.113 e. The molecule has 0 aromatic heterocycles. The molecule has 2 rings (SSSR count). The van der Waals surface area contributed by atoms with E-state index in [1.807, 2.05) is 30.3 Å². The van der Waals surface area contributed by atoms with E-state index in [9.17, 15) is 0 Å². The van der Waals surface area contributed by atoms with Crippen LogP contribution in [-0.2, 0) is 0 Å². The van der Waals surface area contributed by atoms with Crippen LogP contribution >= 0.6 is 59.4 Å². The van der Waals surface area contributed by atoms with Crippen molar-refractivity contribution in [1.82, 2.24) is 0 Å². The maximum Gasteiger partial charge on any atom is 0.0857 e. The molecule has 0 fully saturated rings. The predicted molar refractivity (Wildman–Crippen MR) is 88.4 cm³/mol. The Balaban J connectivity index is 2.51. The molecule has 94 valence electrons. The number of aryl methyl sites for hydroxylation is 1. The second kappa shape index (κ2) is 6.08. The number of alkyl halides is 1. The monoisotopic (exact) mass is 450 g/mol. The number of halogens is 4. The van der Waals surface area contributed by atoms with Crippen molar-refractivity contribution in [2.75, 3.05) is 0 Å². The largest absolute Gasteiger partial charge is 0.113 e. The molecule has 1 atom stereocenters. The van der Waals surface area contributed by atoms with E-state index in [4.69, 9.17) is 11.6 Å². The molecule has 0 radical (unpaired) electrons. The van der Waals surface area contributed by atoms with Gasteiger partial charge in [0.15, 0.2) is 0 Å². The summed E-state index contributed by atoms with van der Waals surface area (Å²) in [6.07, 6.45) is 0. The molecule has 0 aliphatic heterocycles. The molecule has 0 heterocycles. The summed E-state index contributed by atoms with van der Waals surface area (Å²) in [5.74, 6) is 0. The van der Waals surface area contributed by atoms with Crippen LogP contribution < -0.4 is 0 Å². The third-order valence-corrected chi connectivity index (χ3v) is 5.49. The van der Waals surface area contributed by atoms with E-state index >= 15 is 0 Å². The summed E-state index contributed by atoms with van der Waals surface area (Å²) in [5, 5.41) is -0.189. The highest BCUT2D eigenvalue weighted by atomic mass is 79.9. The first-order valence-corrected chi connectivity index (χ1v) is 8.16. The fourth-order valence-electron chi connectivity index (χ4n) is 1.74. The Bertz CT molecular complexity index is 579. The smallest absolute Gasteiger partial charge is 0.0857 e. The van der Waals surface area contributed by atoms with Crippen LogP contribution in [0.15, 0.2) is 49.8 Å². The highest BCUT2D eigenvalue weighted by Crippen LogP contribution is 2.39. The van der Waals surface area contributed by atoms with Gasteiger partial charge in [0.05, 0.1) is 5.38 Å². The average molecular weight is 453 g/mol. The molecule has 18 heavy (non-hydrogen) atoms. The topological polar surface area (TPSA) is 0 Å². The van der Waals surface area contributed by atoms with Crippen molar-refractivity contribution in [1.29, 1.82) is 0 Å². The minimum atomic E-state index is -0.189. The molecule has 0 spiro atoms. The van der Waals surface area contributed by atoms with E-state index in [2.05, 4.69) is 60.8 Å². The first-order valence-electron chi connectivity index (χ1n) is 5.34. The fourth-order valence-corrected chi connectivity index (χ4v) is 3.72. The van der Waals surface area contributed by atoms with Crippen LogP contribution in [0.25, 0.3) is 0 Å². The molecule has 0 amide bonds. The van der Waals surface area contributed by atoms with Gasteiger partial charge in [0.25, 0.3) is 0 Å². The lowest BCUT2D eigenvalue weighted by Crippen LogP contribution is -1.97. The Morgan fingerprint density at radius 1 is 1.00 bits per heavy atom. The zero-order chi connectivity index (χ0) is 13.3. The zero-order valence-corrected chi connectivity index (χ0v) is 15.1. The summed E-state index contributed by atoms with van der Waals surface area (Å²) in [7, 11) is 0. The van der Waals surface area contributed by atoms with E-state index in [-0.39, 0.29) is 5.38 Å². The highest BCUT2D eigenvalue weighted by Gasteiger charge is 2.17. The van der Waals surface area contributed by atoms with Gasteiger partial charge in [-0.3, -0.25) is 0 Å². The van der Waals surface area contributed by atoms with Gasteiger partial charge in [-0.1, -0.05) is 66.0 Å². The summed E-state index contributed by atoms with van der Waals surface area (Å²) in [5.41, 5.74) is 3.32. The van der Waals surface area contributed by atoms with E-state index < -0.39 is 0 Å². The van der Waals surface area contributed by atoms with Crippen molar-refractivity contribution in [3.63, 3.8) is 0 Å². The number of benzene rings is 2. The highest BCUT2D eigenvalue weighted by molar-refractivity contribution is 9.11. The Morgan fingerprint density at radius 2 is 1.72 bits per heavy atom. The van der Waals surface area contributed by atoms with Crippen molar-refractivity contribution in [2.45, 2.75) is 12.3 Å². The molecular weight excluding hydrogens is 443 g/mol. The fraction of sp³-hybridized carbons (Fsp3) is 0.143. The van der Waals surface area contributed by atoms with Crippen LogP contribution in [0.1, 0.15) is 22.1 Å². The second-order valence-electron chi connectivity index (χ2n) is 4.01. The van der Waals surface area contributed by atoms with Crippen molar-refractivity contribution >= 4 is 59.4 Å². The Kier molecular flexibility index (Phi) is 4.92. The average Bonchev–Trinajstić information content (AvgIpc) is 2.35. The molecule has 2 aromatic carbocycles. The first-order chi connectivity index (χ1) is 8.50. The molecule has 0 aliphatic rings. The van der Waals surface area contributed by atoms with Gasteiger partial charge < -0.3 is 0 Å². The van der Waals surface area contributed by atoms with Crippen LogP contribution in [0, 0.1) is 6.92 Å². The molecular formula is C14H10Br3Cl. The quantitative estimate of drug-likeness (QED) is 0.449. The van der Waals surface area contributed by atoms with Gasteiger partial charge in [-0.2, -0.15) is 0 Å². The maximum absolute atomic E-state index is 6.61. The third kappa shape index (κ3) is 3.01. The molecule has 0 aliphatic carbocycles. The van der Waals surface area contributed by atoms with E-state index in [1.54, 1.807) is 0 Å². The minimum absolute atomic E-state index is 0.189. The van der Waals surface area contributed by atoms with Crippen LogP contribution in [-0.4, -0.2) is 0 Å².